The highest BCUT2D eigenvalue weighted by atomic mass is 32.1. The molecular formula is C15H22N4O3S. The van der Waals surface area contributed by atoms with Crippen LogP contribution in [0, 0.1) is 12.8 Å². The molecule has 1 unspecified atom stereocenters. The maximum Gasteiger partial charge on any atom is 0.321 e. The van der Waals surface area contributed by atoms with Gasteiger partial charge in [0.15, 0.2) is 0 Å². The lowest BCUT2D eigenvalue weighted by atomic mass is 10.0. The summed E-state index contributed by atoms with van der Waals surface area (Å²) < 4.78 is 5.40. The zero-order chi connectivity index (χ0) is 17.0. The van der Waals surface area contributed by atoms with Gasteiger partial charge in [0, 0.05) is 6.42 Å². The van der Waals surface area contributed by atoms with E-state index in [1.807, 2.05) is 0 Å². The summed E-state index contributed by atoms with van der Waals surface area (Å²) in [6, 6.07) is 3.01. The zero-order valence-corrected chi connectivity index (χ0v) is 14.5. The van der Waals surface area contributed by atoms with Crippen LogP contribution < -0.4 is 10.6 Å². The van der Waals surface area contributed by atoms with Crippen LogP contribution in [0.15, 0.2) is 16.5 Å². The van der Waals surface area contributed by atoms with Crippen molar-refractivity contribution in [1.82, 2.24) is 15.5 Å². The lowest BCUT2D eigenvalue weighted by molar-refractivity contribution is 0.0364. The van der Waals surface area contributed by atoms with Crippen LogP contribution in [0.3, 0.4) is 0 Å². The summed E-state index contributed by atoms with van der Waals surface area (Å²) >= 11 is 1.35. The van der Waals surface area contributed by atoms with Crippen LogP contribution in [0.5, 0.6) is 0 Å². The summed E-state index contributed by atoms with van der Waals surface area (Å²) in [6.45, 7) is 7.59. The maximum atomic E-state index is 11.9. The minimum atomic E-state index is -1.28. The Kier molecular flexibility index (Phi) is 5.38. The molecule has 3 N–H and O–H groups in total. The van der Waals surface area contributed by atoms with E-state index in [1.165, 1.54) is 11.3 Å². The van der Waals surface area contributed by atoms with Crippen molar-refractivity contribution in [3.63, 3.8) is 0 Å². The van der Waals surface area contributed by atoms with Crippen molar-refractivity contribution in [1.29, 1.82) is 0 Å². The lowest BCUT2D eigenvalue weighted by Gasteiger charge is -2.21. The standard InChI is InChI=1S/C15H22N4O3S/c1-9(2)7-12-18-19-14(23-12)17-13(20)16-8-15(4,21)11-6-5-10(3)22-11/h5-6,9,21H,7-8H2,1-4H3,(H2,16,17,19,20). The molecule has 126 valence electrons. The van der Waals surface area contributed by atoms with E-state index in [4.69, 9.17) is 4.42 Å². The second-order valence-corrected chi connectivity index (χ2v) is 7.15. The van der Waals surface area contributed by atoms with Crippen molar-refractivity contribution in [2.24, 2.45) is 5.92 Å². The van der Waals surface area contributed by atoms with Gasteiger partial charge >= 0.3 is 6.03 Å². The van der Waals surface area contributed by atoms with Crippen LogP contribution in [-0.4, -0.2) is 27.9 Å². The average Bonchev–Trinajstić information content (AvgIpc) is 3.06. The predicted molar refractivity (Wildman–Crippen MR) is 88.5 cm³/mol. The van der Waals surface area contributed by atoms with Gasteiger partial charge in [-0.15, -0.1) is 10.2 Å². The van der Waals surface area contributed by atoms with E-state index in [1.54, 1.807) is 26.0 Å². The van der Waals surface area contributed by atoms with Crippen molar-refractivity contribution in [3.8, 4) is 0 Å². The van der Waals surface area contributed by atoms with Crippen LogP contribution in [0.2, 0.25) is 0 Å². The van der Waals surface area contributed by atoms with Crippen LogP contribution in [0.25, 0.3) is 0 Å². The van der Waals surface area contributed by atoms with Crippen LogP contribution in [-0.2, 0) is 12.0 Å². The second-order valence-electron chi connectivity index (χ2n) is 6.09. The monoisotopic (exact) mass is 338 g/mol. The average molecular weight is 338 g/mol. The summed E-state index contributed by atoms with van der Waals surface area (Å²) in [7, 11) is 0. The first-order valence-electron chi connectivity index (χ1n) is 7.43. The number of urea groups is 1. The molecule has 1 atom stereocenters. The molecule has 2 amide bonds. The van der Waals surface area contributed by atoms with E-state index >= 15 is 0 Å². The second kappa shape index (κ2) is 7.10. The summed E-state index contributed by atoms with van der Waals surface area (Å²) in [5.74, 6) is 1.60. The van der Waals surface area contributed by atoms with E-state index in [2.05, 4.69) is 34.7 Å². The molecule has 2 aromatic rings. The van der Waals surface area contributed by atoms with E-state index in [9.17, 15) is 9.90 Å². The molecule has 0 aromatic carbocycles. The number of aryl methyl sites for hydroxylation is 1. The Bertz CT molecular complexity index is 663. The van der Waals surface area contributed by atoms with Crippen molar-refractivity contribution in [3.05, 3.63) is 28.7 Å². The van der Waals surface area contributed by atoms with Gasteiger partial charge in [0.05, 0.1) is 6.54 Å². The van der Waals surface area contributed by atoms with Gasteiger partial charge in [-0.25, -0.2) is 4.79 Å². The number of rotatable bonds is 6. The molecule has 0 bridgehead atoms. The van der Waals surface area contributed by atoms with Crippen molar-refractivity contribution < 1.29 is 14.3 Å². The third-order valence-electron chi connectivity index (χ3n) is 3.13. The smallest absolute Gasteiger partial charge is 0.321 e. The molecule has 2 heterocycles. The van der Waals surface area contributed by atoms with Crippen molar-refractivity contribution in [2.75, 3.05) is 11.9 Å². The zero-order valence-electron chi connectivity index (χ0n) is 13.7. The Labute approximate surface area is 139 Å². The highest BCUT2D eigenvalue weighted by Crippen LogP contribution is 2.22. The largest absolute Gasteiger partial charge is 0.463 e. The van der Waals surface area contributed by atoms with Gasteiger partial charge in [-0.3, -0.25) is 5.32 Å². The van der Waals surface area contributed by atoms with Crippen LogP contribution in [0.1, 0.15) is 37.3 Å². The Hall–Kier alpha value is -1.93. The summed E-state index contributed by atoms with van der Waals surface area (Å²) in [4.78, 5) is 11.9. The Balaban J connectivity index is 1.86. The molecule has 0 saturated heterocycles. The molecule has 23 heavy (non-hydrogen) atoms. The van der Waals surface area contributed by atoms with Crippen molar-refractivity contribution >= 4 is 22.5 Å². The third-order valence-corrected chi connectivity index (χ3v) is 4.00. The van der Waals surface area contributed by atoms with E-state index in [-0.39, 0.29) is 6.54 Å². The molecule has 0 aliphatic rings. The fraction of sp³-hybridized carbons (Fsp3) is 0.533. The first-order valence-corrected chi connectivity index (χ1v) is 8.24. The number of furan rings is 1. The molecule has 0 radical (unpaired) electrons. The number of carbonyl (C=O) groups excluding carboxylic acids is 1. The summed E-state index contributed by atoms with van der Waals surface area (Å²) in [6.07, 6.45) is 0.827. The number of hydrogen-bond donors (Lipinski definition) is 3. The lowest BCUT2D eigenvalue weighted by Crippen LogP contribution is -2.40. The number of hydrogen-bond acceptors (Lipinski definition) is 6. The molecule has 2 aromatic heterocycles. The quantitative estimate of drug-likeness (QED) is 0.752. The van der Waals surface area contributed by atoms with E-state index in [0.717, 1.165) is 11.4 Å². The fourth-order valence-electron chi connectivity index (χ4n) is 1.94. The first kappa shape index (κ1) is 17.4. The number of aromatic nitrogens is 2. The van der Waals surface area contributed by atoms with Gasteiger partial charge in [-0.2, -0.15) is 0 Å². The molecule has 0 aliphatic heterocycles. The summed E-state index contributed by atoms with van der Waals surface area (Å²) in [5.41, 5.74) is -1.28. The maximum absolute atomic E-state index is 11.9. The van der Waals surface area contributed by atoms with Gasteiger partial charge in [-0.1, -0.05) is 25.2 Å². The Morgan fingerprint density at radius 3 is 2.78 bits per heavy atom. The highest BCUT2D eigenvalue weighted by molar-refractivity contribution is 7.15. The first-order chi connectivity index (χ1) is 10.8. The molecular weight excluding hydrogens is 316 g/mol. The van der Waals surface area contributed by atoms with Crippen molar-refractivity contribution in [2.45, 2.75) is 39.7 Å². The Morgan fingerprint density at radius 2 is 2.17 bits per heavy atom. The highest BCUT2D eigenvalue weighted by Gasteiger charge is 2.27. The minimum absolute atomic E-state index is 0.0173. The third kappa shape index (κ3) is 5.04. The number of carbonyl (C=O) groups is 1. The van der Waals surface area contributed by atoms with Gasteiger partial charge in [0.25, 0.3) is 0 Å². The normalized spacial score (nSPS) is 13.8. The summed E-state index contributed by atoms with van der Waals surface area (Å²) in [5, 5.41) is 24.9. The number of anilines is 1. The number of aliphatic hydroxyl groups is 1. The van der Waals surface area contributed by atoms with Crippen LogP contribution in [0.4, 0.5) is 9.93 Å². The topological polar surface area (TPSA) is 100 Å². The van der Waals surface area contributed by atoms with Crippen LogP contribution >= 0.6 is 11.3 Å². The molecule has 8 heteroatoms. The van der Waals surface area contributed by atoms with E-state index in [0.29, 0.717) is 22.6 Å². The SMILES string of the molecule is Cc1ccc(C(C)(O)CNC(=O)Nc2nnc(CC(C)C)s2)o1. The predicted octanol–water partition coefficient (Wildman–Crippen LogP) is 2.67. The van der Waals surface area contributed by atoms with Gasteiger partial charge in [0.1, 0.15) is 22.1 Å². The molecule has 7 nitrogen and oxygen atoms in total. The molecule has 0 spiro atoms. The molecule has 2 rings (SSSR count). The minimum Gasteiger partial charge on any atom is -0.463 e. The van der Waals surface area contributed by atoms with Gasteiger partial charge in [-0.05, 0) is 31.9 Å². The molecule has 0 saturated carbocycles. The van der Waals surface area contributed by atoms with Gasteiger partial charge < -0.3 is 14.8 Å². The molecule has 0 fully saturated rings. The number of nitrogens with one attached hydrogen (secondary N) is 2. The molecule has 0 aliphatic carbocycles. The number of nitrogens with zero attached hydrogens (tertiary/aromatic N) is 2. The number of amides is 2. The fourth-order valence-corrected chi connectivity index (χ4v) is 2.89. The van der Waals surface area contributed by atoms with E-state index < -0.39 is 11.6 Å². The Morgan fingerprint density at radius 1 is 1.43 bits per heavy atom. The van der Waals surface area contributed by atoms with Gasteiger partial charge in [0.2, 0.25) is 5.13 Å².